The molecule has 31 heavy (non-hydrogen) atoms. The van der Waals surface area contributed by atoms with Crippen LogP contribution in [0.3, 0.4) is 0 Å². The predicted molar refractivity (Wildman–Crippen MR) is 118 cm³/mol. The summed E-state index contributed by atoms with van der Waals surface area (Å²) in [7, 11) is 0. The molecule has 6 nitrogen and oxygen atoms in total. The number of amides is 1. The molecule has 1 amide bonds. The van der Waals surface area contributed by atoms with Crippen LogP contribution in [0.4, 0.5) is 5.69 Å². The number of nitrogens with one attached hydrogen (secondary N) is 2. The van der Waals surface area contributed by atoms with Crippen molar-refractivity contribution in [3.05, 3.63) is 89.1 Å². The average molecular weight is 411 g/mol. The van der Waals surface area contributed by atoms with Gasteiger partial charge in [0, 0.05) is 34.4 Å². The van der Waals surface area contributed by atoms with E-state index in [9.17, 15) is 4.79 Å². The average Bonchev–Trinajstić information content (AvgIpc) is 3.38. The molecule has 6 heteroatoms. The van der Waals surface area contributed by atoms with E-state index < -0.39 is 0 Å². The maximum atomic E-state index is 13.6. The summed E-state index contributed by atoms with van der Waals surface area (Å²) < 4.78 is 11.0. The van der Waals surface area contributed by atoms with Crippen molar-refractivity contribution in [3.8, 4) is 11.5 Å². The highest BCUT2D eigenvalue weighted by Gasteiger charge is 2.35. The SMILES string of the molecule is Cc1[nH]c2ccccc2c1[C@@H]1Nc2ccccc2C(=O)N1Cc1ccc2c(c1)OCO2. The van der Waals surface area contributed by atoms with Gasteiger partial charge < -0.3 is 24.7 Å². The molecule has 0 fully saturated rings. The molecular formula is C25H21N3O3. The molecule has 0 bridgehead atoms. The van der Waals surface area contributed by atoms with Crippen molar-refractivity contribution in [2.75, 3.05) is 12.1 Å². The summed E-state index contributed by atoms with van der Waals surface area (Å²) in [6.07, 6.45) is -0.302. The first-order valence-electron chi connectivity index (χ1n) is 10.3. The number of aryl methyl sites for hydroxylation is 1. The number of ether oxygens (including phenoxy) is 2. The molecule has 3 aromatic carbocycles. The number of fused-ring (bicyclic) bond motifs is 3. The van der Waals surface area contributed by atoms with Crippen LogP contribution >= 0.6 is 0 Å². The van der Waals surface area contributed by atoms with E-state index in [1.807, 2.05) is 59.5 Å². The number of rotatable bonds is 3. The molecule has 0 unspecified atom stereocenters. The standard InChI is InChI=1S/C25H21N3O3/c1-15-23(17-6-2-4-8-19(17)26-15)24-27-20-9-5-3-7-18(20)25(29)28(24)13-16-10-11-21-22(12-16)31-14-30-21/h2-12,24,26-27H,13-14H2,1H3/t24-/m1/s1. The van der Waals surface area contributed by atoms with Crippen molar-refractivity contribution in [2.45, 2.75) is 19.6 Å². The van der Waals surface area contributed by atoms with Crippen LogP contribution < -0.4 is 14.8 Å². The molecule has 2 aliphatic heterocycles. The van der Waals surface area contributed by atoms with Crippen molar-refractivity contribution in [1.82, 2.24) is 9.88 Å². The van der Waals surface area contributed by atoms with E-state index in [2.05, 4.69) is 29.4 Å². The van der Waals surface area contributed by atoms with E-state index >= 15 is 0 Å². The Balaban J connectivity index is 1.47. The highest BCUT2D eigenvalue weighted by Crippen LogP contribution is 2.39. The molecule has 0 radical (unpaired) electrons. The Morgan fingerprint density at radius 2 is 1.81 bits per heavy atom. The minimum Gasteiger partial charge on any atom is -0.454 e. The molecule has 1 atom stereocenters. The number of benzene rings is 3. The van der Waals surface area contributed by atoms with Gasteiger partial charge in [0.25, 0.3) is 5.91 Å². The highest BCUT2D eigenvalue weighted by atomic mass is 16.7. The summed E-state index contributed by atoms with van der Waals surface area (Å²) in [5.41, 5.74) is 5.70. The third-order valence-corrected chi connectivity index (χ3v) is 6.03. The van der Waals surface area contributed by atoms with E-state index in [0.717, 1.165) is 44.9 Å². The Hall–Kier alpha value is -3.93. The quantitative estimate of drug-likeness (QED) is 0.499. The van der Waals surface area contributed by atoms with E-state index in [1.54, 1.807) is 0 Å². The van der Waals surface area contributed by atoms with Gasteiger partial charge in [-0.1, -0.05) is 36.4 Å². The van der Waals surface area contributed by atoms with Crippen LogP contribution in [0.1, 0.15) is 33.3 Å². The smallest absolute Gasteiger partial charge is 0.258 e. The van der Waals surface area contributed by atoms with Crippen molar-refractivity contribution in [1.29, 1.82) is 0 Å². The van der Waals surface area contributed by atoms with Crippen LogP contribution in [0.5, 0.6) is 11.5 Å². The molecule has 0 saturated carbocycles. The Morgan fingerprint density at radius 3 is 2.74 bits per heavy atom. The minimum absolute atomic E-state index is 0.00157. The van der Waals surface area contributed by atoms with Gasteiger partial charge >= 0.3 is 0 Å². The molecule has 3 heterocycles. The first kappa shape index (κ1) is 17.9. The lowest BCUT2D eigenvalue weighted by Gasteiger charge is -2.38. The van der Waals surface area contributed by atoms with Crippen molar-refractivity contribution in [2.24, 2.45) is 0 Å². The first-order chi connectivity index (χ1) is 15.2. The number of para-hydroxylation sites is 2. The van der Waals surface area contributed by atoms with Crippen LogP contribution in [-0.2, 0) is 6.54 Å². The molecule has 0 spiro atoms. The normalized spacial score (nSPS) is 17.0. The number of H-pyrrole nitrogens is 1. The second kappa shape index (κ2) is 6.80. The molecule has 154 valence electrons. The van der Waals surface area contributed by atoms with Crippen molar-refractivity contribution < 1.29 is 14.3 Å². The fraction of sp³-hybridized carbons (Fsp3) is 0.160. The molecule has 4 aromatic rings. The van der Waals surface area contributed by atoms with Crippen LogP contribution in [0.2, 0.25) is 0 Å². The van der Waals surface area contributed by atoms with Crippen LogP contribution in [0.15, 0.2) is 66.7 Å². The molecule has 2 N–H and O–H groups in total. The van der Waals surface area contributed by atoms with Gasteiger partial charge in [0.15, 0.2) is 11.5 Å². The van der Waals surface area contributed by atoms with Gasteiger partial charge in [0.1, 0.15) is 6.17 Å². The molecule has 0 saturated heterocycles. The Morgan fingerprint density at radius 1 is 1.00 bits per heavy atom. The molecule has 1 aromatic heterocycles. The third-order valence-electron chi connectivity index (χ3n) is 6.03. The van der Waals surface area contributed by atoms with Gasteiger partial charge in [-0.2, -0.15) is 0 Å². The molecular weight excluding hydrogens is 390 g/mol. The van der Waals surface area contributed by atoms with Crippen molar-refractivity contribution in [3.63, 3.8) is 0 Å². The summed E-state index contributed by atoms with van der Waals surface area (Å²) in [6.45, 7) is 2.73. The lowest BCUT2D eigenvalue weighted by atomic mass is 10.0. The summed E-state index contributed by atoms with van der Waals surface area (Å²) >= 11 is 0. The highest BCUT2D eigenvalue weighted by molar-refractivity contribution is 6.02. The van der Waals surface area contributed by atoms with Crippen LogP contribution in [0.25, 0.3) is 10.9 Å². The minimum atomic E-state index is -0.302. The summed E-state index contributed by atoms with van der Waals surface area (Å²) in [4.78, 5) is 19.0. The zero-order chi connectivity index (χ0) is 20.9. The molecule has 2 aliphatic rings. The maximum absolute atomic E-state index is 13.6. The van der Waals surface area contributed by atoms with Crippen molar-refractivity contribution >= 4 is 22.5 Å². The monoisotopic (exact) mass is 411 g/mol. The van der Waals surface area contributed by atoms with Gasteiger partial charge in [0.05, 0.1) is 5.56 Å². The number of hydrogen-bond acceptors (Lipinski definition) is 4. The Labute approximate surface area is 179 Å². The number of anilines is 1. The van der Waals surface area contributed by atoms with Crippen LogP contribution in [0, 0.1) is 6.92 Å². The van der Waals surface area contributed by atoms with Gasteiger partial charge in [-0.25, -0.2) is 0 Å². The number of carbonyl (C=O) groups is 1. The van der Waals surface area contributed by atoms with Gasteiger partial charge in [0.2, 0.25) is 6.79 Å². The third kappa shape index (κ3) is 2.83. The molecule has 6 rings (SSSR count). The molecule has 0 aliphatic carbocycles. The van der Waals surface area contributed by atoms with Gasteiger partial charge in [-0.05, 0) is 42.8 Å². The number of hydrogen-bond donors (Lipinski definition) is 2. The fourth-order valence-corrected chi connectivity index (χ4v) is 4.57. The second-order valence-corrected chi connectivity index (χ2v) is 7.92. The maximum Gasteiger partial charge on any atom is 0.258 e. The summed E-state index contributed by atoms with van der Waals surface area (Å²) in [5.74, 6) is 1.46. The lowest BCUT2D eigenvalue weighted by Crippen LogP contribution is -2.42. The van der Waals surface area contributed by atoms with Crippen LogP contribution in [-0.4, -0.2) is 22.6 Å². The Kier molecular flexibility index (Phi) is 3.93. The van der Waals surface area contributed by atoms with E-state index in [-0.39, 0.29) is 18.9 Å². The zero-order valence-electron chi connectivity index (χ0n) is 17.0. The second-order valence-electron chi connectivity index (χ2n) is 7.92. The van der Waals surface area contributed by atoms with E-state index in [4.69, 9.17) is 9.47 Å². The fourth-order valence-electron chi connectivity index (χ4n) is 4.57. The van der Waals surface area contributed by atoms with E-state index in [0.29, 0.717) is 12.1 Å². The van der Waals surface area contributed by atoms with E-state index in [1.165, 1.54) is 0 Å². The lowest BCUT2D eigenvalue weighted by molar-refractivity contribution is 0.0667. The predicted octanol–water partition coefficient (Wildman–Crippen LogP) is 4.97. The summed E-state index contributed by atoms with van der Waals surface area (Å²) in [6, 6.07) is 21.7. The number of aromatic nitrogens is 1. The number of carbonyl (C=O) groups excluding carboxylic acids is 1. The first-order valence-corrected chi connectivity index (χ1v) is 10.3. The zero-order valence-corrected chi connectivity index (χ0v) is 17.0. The van der Waals surface area contributed by atoms with Gasteiger partial charge in [-0.15, -0.1) is 0 Å². The largest absolute Gasteiger partial charge is 0.454 e. The van der Waals surface area contributed by atoms with Gasteiger partial charge in [-0.3, -0.25) is 4.79 Å². The Bertz CT molecular complexity index is 1330. The topological polar surface area (TPSA) is 66.6 Å². The number of nitrogens with zero attached hydrogens (tertiary/aromatic N) is 1. The summed E-state index contributed by atoms with van der Waals surface area (Å²) in [5, 5.41) is 4.73. The number of aromatic amines is 1.